The van der Waals surface area contributed by atoms with E-state index in [9.17, 15) is 4.79 Å². The Morgan fingerprint density at radius 2 is 2.09 bits per heavy atom. The van der Waals surface area contributed by atoms with Gasteiger partial charge < -0.3 is 9.88 Å². The molecule has 1 aliphatic heterocycles. The zero-order valence-electron chi connectivity index (χ0n) is 12.6. The Hall–Kier alpha value is -1.88. The third-order valence-corrected chi connectivity index (χ3v) is 4.32. The maximum Gasteiger partial charge on any atom is 0.253 e. The van der Waals surface area contributed by atoms with Crippen LogP contribution in [0.5, 0.6) is 0 Å². The van der Waals surface area contributed by atoms with Crippen molar-refractivity contribution in [2.24, 2.45) is 0 Å². The molecular formula is C16H19ClN4O. The molecule has 0 saturated carbocycles. The SMILES string of the molecule is CC(NC(=O)c1ccccc1Cl)c1nnc2n1CCCCC2. The molecule has 1 aromatic heterocycles. The van der Waals surface area contributed by atoms with Crippen molar-refractivity contribution in [3.05, 3.63) is 46.5 Å². The van der Waals surface area contributed by atoms with Crippen molar-refractivity contribution in [2.45, 2.75) is 45.2 Å². The molecule has 1 amide bonds. The van der Waals surface area contributed by atoms with Gasteiger partial charge in [0.2, 0.25) is 0 Å². The Balaban J connectivity index is 1.78. The summed E-state index contributed by atoms with van der Waals surface area (Å²) in [6.07, 6.45) is 4.45. The minimum atomic E-state index is -0.205. The third-order valence-electron chi connectivity index (χ3n) is 3.99. The maximum absolute atomic E-state index is 12.4. The molecule has 0 fully saturated rings. The molecule has 6 heteroatoms. The van der Waals surface area contributed by atoms with E-state index in [1.54, 1.807) is 24.3 Å². The zero-order valence-corrected chi connectivity index (χ0v) is 13.3. The molecule has 1 atom stereocenters. The van der Waals surface area contributed by atoms with Gasteiger partial charge in [0.15, 0.2) is 5.82 Å². The van der Waals surface area contributed by atoms with E-state index >= 15 is 0 Å². The van der Waals surface area contributed by atoms with Crippen LogP contribution in [0.2, 0.25) is 5.02 Å². The van der Waals surface area contributed by atoms with Gasteiger partial charge in [0.1, 0.15) is 5.82 Å². The summed E-state index contributed by atoms with van der Waals surface area (Å²) in [4.78, 5) is 12.4. The molecule has 116 valence electrons. The molecule has 5 nitrogen and oxygen atoms in total. The number of rotatable bonds is 3. The normalized spacial score (nSPS) is 15.7. The first-order chi connectivity index (χ1) is 10.7. The Kier molecular flexibility index (Phi) is 4.43. The predicted octanol–water partition coefficient (Wildman–Crippen LogP) is 3.15. The summed E-state index contributed by atoms with van der Waals surface area (Å²) in [6.45, 7) is 2.85. The van der Waals surface area contributed by atoms with Gasteiger partial charge in [-0.1, -0.05) is 30.2 Å². The van der Waals surface area contributed by atoms with Gasteiger partial charge in [-0.3, -0.25) is 4.79 Å². The van der Waals surface area contributed by atoms with E-state index in [4.69, 9.17) is 11.6 Å². The van der Waals surface area contributed by atoms with Crippen LogP contribution >= 0.6 is 11.6 Å². The highest BCUT2D eigenvalue weighted by Gasteiger charge is 2.21. The number of amides is 1. The van der Waals surface area contributed by atoms with Crippen LogP contribution in [0, 0.1) is 0 Å². The summed E-state index contributed by atoms with van der Waals surface area (Å²) in [5.41, 5.74) is 0.478. The number of benzene rings is 1. The Labute approximate surface area is 134 Å². The molecule has 0 aliphatic carbocycles. The van der Waals surface area contributed by atoms with Crippen LogP contribution in [-0.4, -0.2) is 20.7 Å². The molecule has 3 rings (SSSR count). The number of aryl methyl sites for hydroxylation is 1. The van der Waals surface area contributed by atoms with E-state index in [1.807, 2.05) is 6.92 Å². The summed E-state index contributed by atoms with van der Waals surface area (Å²) in [5, 5.41) is 12.0. The summed E-state index contributed by atoms with van der Waals surface area (Å²) in [6, 6.07) is 6.83. The van der Waals surface area contributed by atoms with Crippen molar-refractivity contribution in [3.8, 4) is 0 Å². The van der Waals surface area contributed by atoms with Gasteiger partial charge in [-0.05, 0) is 31.9 Å². The van der Waals surface area contributed by atoms with Crippen molar-refractivity contribution in [1.29, 1.82) is 0 Å². The summed E-state index contributed by atoms with van der Waals surface area (Å²) >= 11 is 6.07. The monoisotopic (exact) mass is 318 g/mol. The third kappa shape index (κ3) is 2.99. The Morgan fingerprint density at radius 3 is 2.91 bits per heavy atom. The van der Waals surface area contributed by atoms with E-state index in [2.05, 4.69) is 20.1 Å². The number of hydrogen-bond donors (Lipinski definition) is 1. The smallest absolute Gasteiger partial charge is 0.253 e. The van der Waals surface area contributed by atoms with Crippen molar-refractivity contribution in [2.75, 3.05) is 0 Å². The van der Waals surface area contributed by atoms with E-state index < -0.39 is 0 Å². The van der Waals surface area contributed by atoms with Gasteiger partial charge in [-0.2, -0.15) is 0 Å². The van der Waals surface area contributed by atoms with E-state index in [-0.39, 0.29) is 11.9 Å². The second-order valence-corrected chi connectivity index (χ2v) is 6.02. The summed E-state index contributed by atoms with van der Waals surface area (Å²) < 4.78 is 2.14. The van der Waals surface area contributed by atoms with Gasteiger partial charge in [0.05, 0.1) is 16.6 Å². The fourth-order valence-corrected chi connectivity index (χ4v) is 3.03. The average molecular weight is 319 g/mol. The first-order valence-corrected chi connectivity index (χ1v) is 8.02. The second kappa shape index (κ2) is 6.48. The topological polar surface area (TPSA) is 59.8 Å². The number of fused-ring (bicyclic) bond motifs is 1. The van der Waals surface area contributed by atoms with Gasteiger partial charge >= 0.3 is 0 Å². The molecule has 2 heterocycles. The number of halogens is 1. The molecule has 1 aromatic carbocycles. The van der Waals surface area contributed by atoms with Crippen LogP contribution in [0.15, 0.2) is 24.3 Å². The number of hydrogen-bond acceptors (Lipinski definition) is 3. The van der Waals surface area contributed by atoms with Crippen molar-refractivity contribution < 1.29 is 4.79 Å². The van der Waals surface area contributed by atoms with Crippen LogP contribution in [0.3, 0.4) is 0 Å². The van der Waals surface area contributed by atoms with E-state index in [0.29, 0.717) is 10.6 Å². The van der Waals surface area contributed by atoms with Crippen molar-refractivity contribution in [1.82, 2.24) is 20.1 Å². The minimum absolute atomic E-state index is 0.191. The number of carbonyl (C=O) groups is 1. The van der Waals surface area contributed by atoms with Gasteiger partial charge in [0, 0.05) is 13.0 Å². The average Bonchev–Trinajstić information content (AvgIpc) is 2.77. The number of nitrogens with zero attached hydrogens (tertiary/aromatic N) is 3. The quantitative estimate of drug-likeness (QED) is 0.945. The van der Waals surface area contributed by atoms with Gasteiger partial charge in [-0.15, -0.1) is 10.2 Å². The maximum atomic E-state index is 12.4. The number of carbonyl (C=O) groups excluding carboxylic acids is 1. The molecule has 0 radical (unpaired) electrons. The first-order valence-electron chi connectivity index (χ1n) is 7.64. The lowest BCUT2D eigenvalue weighted by molar-refractivity contribution is 0.0937. The van der Waals surface area contributed by atoms with E-state index in [1.165, 1.54) is 6.42 Å². The van der Waals surface area contributed by atoms with Crippen molar-refractivity contribution >= 4 is 17.5 Å². The van der Waals surface area contributed by atoms with Gasteiger partial charge in [0.25, 0.3) is 5.91 Å². The standard InChI is InChI=1S/C16H19ClN4O/c1-11(18-16(22)12-7-4-5-8-13(12)17)15-20-19-14-9-3-2-6-10-21(14)15/h4-5,7-8,11H,2-3,6,9-10H2,1H3,(H,18,22). The molecule has 22 heavy (non-hydrogen) atoms. The largest absolute Gasteiger partial charge is 0.342 e. The highest BCUT2D eigenvalue weighted by molar-refractivity contribution is 6.33. The van der Waals surface area contributed by atoms with E-state index in [0.717, 1.165) is 37.5 Å². The molecular weight excluding hydrogens is 300 g/mol. The van der Waals surface area contributed by atoms with Crippen LogP contribution in [0.4, 0.5) is 0 Å². The number of nitrogens with one attached hydrogen (secondary N) is 1. The number of aromatic nitrogens is 3. The summed E-state index contributed by atoms with van der Waals surface area (Å²) in [5.74, 6) is 1.65. The lowest BCUT2D eigenvalue weighted by atomic mass is 10.2. The Bertz CT molecular complexity index is 683. The lowest BCUT2D eigenvalue weighted by Crippen LogP contribution is -2.29. The Morgan fingerprint density at radius 1 is 1.27 bits per heavy atom. The molecule has 1 unspecified atom stereocenters. The second-order valence-electron chi connectivity index (χ2n) is 5.61. The molecule has 1 aliphatic rings. The minimum Gasteiger partial charge on any atom is -0.342 e. The first kappa shape index (κ1) is 15.0. The highest BCUT2D eigenvalue weighted by atomic mass is 35.5. The van der Waals surface area contributed by atoms with Crippen LogP contribution in [0.25, 0.3) is 0 Å². The lowest BCUT2D eigenvalue weighted by Gasteiger charge is -2.15. The molecule has 0 saturated heterocycles. The fourth-order valence-electron chi connectivity index (χ4n) is 2.81. The van der Waals surface area contributed by atoms with Crippen molar-refractivity contribution in [3.63, 3.8) is 0 Å². The van der Waals surface area contributed by atoms with Crippen LogP contribution < -0.4 is 5.32 Å². The zero-order chi connectivity index (χ0) is 15.5. The highest BCUT2D eigenvalue weighted by Crippen LogP contribution is 2.20. The van der Waals surface area contributed by atoms with Crippen LogP contribution in [-0.2, 0) is 13.0 Å². The molecule has 0 spiro atoms. The predicted molar refractivity (Wildman–Crippen MR) is 84.9 cm³/mol. The molecule has 0 bridgehead atoms. The van der Waals surface area contributed by atoms with Crippen LogP contribution in [0.1, 0.15) is 54.2 Å². The molecule has 2 aromatic rings. The summed E-state index contributed by atoms with van der Waals surface area (Å²) in [7, 11) is 0. The van der Waals surface area contributed by atoms with Gasteiger partial charge in [-0.25, -0.2) is 0 Å². The molecule has 1 N–H and O–H groups in total. The fraction of sp³-hybridized carbons (Fsp3) is 0.438.